The van der Waals surface area contributed by atoms with E-state index in [0.29, 0.717) is 0 Å². The number of hydrogen-bond acceptors (Lipinski definition) is 2. The van der Waals surface area contributed by atoms with Crippen molar-refractivity contribution in [3.8, 4) is 0 Å². The summed E-state index contributed by atoms with van der Waals surface area (Å²) in [4.78, 5) is 7.37. The minimum Gasteiger partial charge on any atom is -0.349 e. The van der Waals surface area contributed by atoms with E-state index in [-0.39, 0.29) is 6.04 Å². The highest BCUT2D eigenvalue weighted by atomic mass is 35.5. The zero-order chi connectivity index (χ0) is 12.3. The first-order valence-corrected chi connectivity index (χ1v) is 6.00. The van der Waals surface area contributed by atoms with Crippen molar-refractivity contribution in [2.24, 2.45) is 0 Å². The summed E-state index contributed by atoms with van der Waals surface area (Å²) in [5.41, 5.74) is 2.34. The minimum absolute atomic E-state index is 0.222. The van der Waals surface area contributed by atoms with Gasteiger partial charge in [-0.2, -0.15) is 0 Å². The maximum atomic E-state index is 6.15. The number of aromatic amines is 1. The van der Waals surface area contributed by atoms with Gasteiger partial charge in [0.2, 0.25) is 0 Å². The van der Waals surface area contributed by atoms with Crippen LogP contribution in [0.1, 0.15) is 23.0 Å². The molecule has 4 heteroatoms. The molecule has 2 rings (SSSR count). The first-order chi connectivity index (χ1) is 8.22. The van der Waals surface area contributed by atoms with Gasteiger partial charge in [0.15, 0.2) is 0 Å². The van der Waals surface area contributed by atoms with E-state index < -0.39 is 0 Å². The predicted molar refractivity (Wildman–Crippen MR) is 70.3 cm³/mol. The van der Waals surface area contributed by atoms with Gasteiger partial charge in [0.05, 0.1) is 0 Å². The molecule has 1 heterocycles. The van der Waals surface area contributed by atoms with E-state index in [2.05, 4.69) is 21.4 Å². The van der Waals surface area contributed by atoms with Crippen molar-refractivity contribution in [2.45, 2.75) is 19.4 Å². The van der Waals surface area contributed by atoms with E-state index >= 15 is 0 Å². The lowest BCUT2D eigenvalue weighted by atomic mass is 9.98. The lowest BCUT2D eigenvalue weighted by molar-refractivity contribution is 0.575. The van der Waals surface area contributed by atoms with E-state index in [1.807, 2.05) is 32.3 Å². The highest BCUT2D eigenvalue weighted by Gasteiger charge is 2.14. The number of imidazole rings is 1. The third kappa shape index (κ3) is 2.68. The summed E-state index contributed by atoms with van der Waals surface area (Å²) in [5.74, 6) is 0.976. The summed E-state index contributed by atoms with van der Waals surface area (Å²) in [6, 6.07) is 6.22. The lowest BCUT2D eigenvalue weighted by Gasteiger charge is -2.18. The number of nitrogens with zero attached hydrogens (tertiary/aromatic N) is 1. The summed E-state index contributed by atoms with van der Waals surface area (Å²) < 4.78 is 0. The summed E-state index contributed by atoms with van der Waals surface area (Å²) in [6.45, 7) is 2.05. The molecule has 0 aliphatic carbocycles. The van der Waals surface area contributed by atoms with Gasteiger partial charge in [-0.05, 0) is 31.2 Å². The SMILES string of the molecule is CNC(Cc1ncc[nH]1)c1cccc(Cl)c1C. The Labute approximate surface area is 106 Å². The molecule has 0 aliphatic rings. The van der Waals surface area contributed by atoms with Crippen molar-refractivity contribution in [1.82, 2.24) is 15.3 Å². The van der Waals surface area contributed by atoms with Crippen LogP contribution in [0.2, 0.25) is 5.02 Å². The number of rotatable bonds is 4. The second-order valence-electron chi connectivity index (χ2n) is 4.04. The smallest absolute Gasteiger partial charge is 0.107 e. The molecule has 0 bridgehead atoms. The minimum atomic E-state index is 0.222. The van der Waals surface area contributed by atoms with E-state index in [0.717, 1.165) is 22.8 Å². The Bertz CT molecular complexity index is 479. The lowest BCUT2D eigenvalue weighted by Crippen LogP contribution is -2.20. The molecule has 0 radical (unpaired) electrons. The van der Waals surface area contributed by atoms with Crippen molar-refractivity contribution in [2.75, 3.05) is 7.05 Å². The molecule has 90 valence electrons. The van der Waals surface area contributed by atoms with Crippen molar-refractivity contribution >= 4 is 11.6 Å². The van der Waals surface area contributed by atoms with Crippen LogP contribution in [0.4, 0.5) is 0 Å². The van der Waals surface area contributed by atoms with Crippen molar-refractivity contribution in [1.29, 1.82) is 0 Å². The molecule has 1 unspecified atom stereocenters. The molecule has 0 saturated carbocycles. The first kappa shape index (κ1) is 12.1. The van der Waals surface area contributed by atoms with E-state index in [1.54, 1.807) is 6.20 Å². The quantitative estimate of drug-likeness (QED) is 0.875. The topological polar surface area (TPSA) is 40.7 Å². The molecule has 2 aromatic rings. The standard InChI is InChI=1S/C13H16ClN3/c1-9-10(4-3-5-11(9)14)12(15-2)8-13-16-6-7-17-13/h3-7,12,15H,8H2,1-2H3,(H,16,17). The Balaban J connectivity index is 2.26. The summed E-state index contributed by atoms with van der Waals surface area (Å²) in [7, 11) is 1.95. The van der Waals surface area contributed by atoms with Gasteiger partial charge in [0.1, 0.15) is 5.82 Å². The number of aromatic nitrogens is 2. The monoisotopic (exact) mass is 249 g/mol. The van der Waals surface area contributed by atoms with Gasteiger partial charge in [-0.1, -0.05) is 23.7 Å². The Hall–Kier alpha value is -1.32. The highest BCUT2D eigenvalue weighted by Crippen LogP contribution is 2.25. The maximum absolute atomic E-state index is 6.15. The summed E-state index contributed by atoms with van der Waals surface area (Å²) in [6.07, 6.45) is 4.43. The largest absolute Gasteiger partial charge is 0.349 e. The molecule has 0 amide bonds. The first-order valence-electron chi connectivity index (χ1n) is 5.63. The van der Waals surface area contributed by atoms with Crippen LogP contribution in [0.15, 0.2) is 30.6 Å². The molecular formula is C13H16ClN3. The molecule has 1 aromatic heterocycles. The molecule has 3 nitrogen and oxygen atoms in total. The van der Waals surface area contributed by atoms with E-state index in [9.17, 15) is 0 Å². The third-order valence-electron chi connectivity index (χ3n) is 2.99. The van der Waals surface area contributed by atoms with Gasteiger partial charge >= 0.3 is 0 Å². The van der Waals surface area contributed by atoms with Crippen LogP contribution in [0.3, 0.4) is 0 Å². The van der Waals surface area contributed by atoms with Gasteiger partial charge in [-0.25, -0.2) is 4.98 Å². The molecule has 2 N–H and O–H groups in total. The average Bonchev–Trinajstić information content (AvgIpc) is 2.83. The molecule has 0 fully saturated rings. The molecule has 1 aromatic carbocycles. The number of hydrogen-bond donors (Lipinski definition) is 2. The Morgan fingerprint density at radius 1 is 1.47 bits per heavy atom. The Kier molecular flexibility index (Phi) is 3.82. The van der Waals surface area contributed by atoms with E-state index in [1.165, 1.54) is 5.56 Å². The zero-order valence-corrected chi connectivity index (χ0v) is 10.8. The van der Waals surface area contributed by atoms with Gasteiger partial charge in [-0.15, -0.1) is 0 Å². The van der Waals surface area contributed by atoms with Crippen LogP contribution in [0.5, 0.6) is 0 Å². The van der Waals surface area contributed by atoms with Crippen LogP contribution in [-0.2, 0) is 6.42 Å². The maximum Gasteiger partial charge on any atom is 0.107 e. The second-order valence-corrected chi connectivity index (χ2v) is 4.44. The Morgan fingerprint density at radius 3 is 2.94 bits per heavy atom. The second kappa shape index (κ2) is 5.34. The number of nitrogens with one attached hydrogen (secondary N) is 2. The van der Waals surface area contributed by atoms with Gasteiger partial charge in [0.25, 0.3) is 0 Å². The highest BCUT2D eigenvalue weighted by molar-refractivity contribution is 6.31. The molecule has 0 saturated heterocycles. The Morgan fingerprint density at radius 2 is 2.29 bits per heavy atom. The van der Waals surface area contributed by atoms with E-state index in [4.69, 9.17) is 11.6 Å². The summed E-state index contributed by atoms with van der Waals surface area (Å²) in [5, 5.41) is 4.11. The zero-order valence-electron chi connectivity index (χ0n) is 10.00. The van der Waals surface area contributed by atoms with Gasteiger partial charge in [0, 0.05) is 29.9 Å². The van der Waals surface area contributed by atoms with Crippen molar-refractivity contribution < 1.29 is 0 Å². The van der Waals surface area contributed by atoms with Crippen molar-refractivity contribution in [3.05, 3.63) is 52.6 Å². The number of likely N-dealkylation sites (N-methyl/N-ethyl adjacent to an activating group) is 1. The predicted octanol–water partition coefficient (Wildman–Crippen LogP) is 2.87. The van der Waals surface area contributed by atoms with Crippen LogP contribution >= 0.6 is 11.6 Å². The molecule has 0 spiro atoms. The van der Waals surface area contributed by atoms with Crippen LogP contribution in [0, 0.1) is 6.92 Å². The molecule has 0 aliphatic heterocycles. The molecule has 1 atom stereocenters. The number of benzene rings is 1. The molecule has 17 heavy (non-hydrogen) atoms. The van der Waals surface area contributed by atoms with Gasteiger partial charge in [-0.3, -0.25) is 0 Å². The van der Waals surface area contributed by atoms with Crippen LogP contribution in [-0.4, -0.2) is 17.0 Å². The average molecular weight is 250 g/mol. The van der Waals surface area contributed by atoms with Gasteiger partial charge < -0.3 is 10.3 Å². The van der Waals surface area contributed by atoms with Crippen LogP contribution in [0.25, 0.3) is 0 Å². The fourth-order valence-corrected chi connectivity index (χ4v) is 2.15. The fraction of sp³-hybridized carbons (Fsp3) is 0.308. The fourth-order valence-electron chi connectivity index (χ4n) is 1.97. The normalized spacial score (nSPS) is 12.6. The molecular weight excluding hydrogens is 234 g/mol. The van der Waals surface area contributed by atoms with Crippen LogP contribution < -0.4 is 5.32 Å². The third-order valence-corrected chi connectivity index (χ3v) is 3.40. The summed E-state index contributed by atoms with van der Waals surface area (Å²) >= 11 is 6.15. The number of H-pyrrole nitrogens is 1. The van der Waals surface area contributed by atoms with Crippen molar-refractivity contribution in [3.63, 3.8) is 0 Å². The number of halogens is 1.